The Balaban J connectivity index is 0.00000361. The molecule has 0 radical (unpaired) electrons. The monoisotopic (exact) mass is 300 g/mol. The van der Waals surface area contributed by atoms with Crippen LogP contribution in [0.15, 0.2) is 30.3 Å². The van der Waals surface area contributed by atoms with Crippen molar-refractivity contribution in [1.82, 2.24) is 5.32 Å². The molecule has 1 amide bonds. The van der Waals surface area contributed by atoms with E-state index < -0.39 is 12.0 Å². The molecule has 1 aromatic carbocycles. The Hall–Kier alpha value is -1.59. The van der Waals surface area contributed by atoms with Crippen molar-refractivity contribution >= 4 is 24.3 Å². The highest BCUT2D eigenvalue weighted by molar-refractivity contribution is 5.85. The maximum Gasteiger partial charge on any atom is 0.325 e. The van der Waals surface area contributed by atoms with Crippen LogP contribution in [0.2, 0.25) is 0 Å². The summed E-state index contributed by atoms with van der Waals surface area (Å²) in [5.41, 5.74) is 6.55. The van der Waals surface area contributed by atoms with Crippen molar-refractivity contribution < 1.29 is 14.3 Å². The molecule has 3 N–H and O–H groups in total. The second kappa shape index (κ2) is 9.34. The van der Waals surface area contributed by atoms with Crippen LogP contribution in [-0.2, 0) is 20.9 Å². The van der Waals surface area contributed by atoms with Gasteiger partial charge in [0.2, 0.25) is 5.91 Å². The van der Waals surface area contributed by atoms with Crippen molar-refractivity contribution in [3.8, 4) is 0 Å². The Morgan fingerprint density at radius 2 is 1.85 bits per heavy atom. The summed E-state index contributed by atoms with van der Waals surface area (Å²) in [4.78, 5) is 23.0. The van der Waals surface area contributed by atoms with Gasteiger partial charge in [0.25, 0.3) is 0 Å². The standard InChI is InChI=1S/C14H20N2O3.ClH/c1-10(2)13(15)14(18)16-8-12(17)19-9-11-6-4-3-5-7-11;/h3-7,10,13H,8-9,15H2,1-2H3,(H,16,18);1H/t13-;/m0./s1. The molecule has 0 aliphatic carbocycles. The van der Waals surface area contributed by atoms with E-state index in [0.717, 1.165) is 5.56 Å². The molecule has 0 saturated carbocycles. The maximum absolute atomic E-state index is 11.5. The summed E-state index contributed by atoms with van der Waals surface area (Å²) >= 11 is 0. The Bertz CT molecular complexity index is 424. The lowest BCUT2D eigenvalue weighted by Crippen LogP contribution is -2.45. The van der Waals surface area contributed by atoms with E-state index in [1.54, 1.807) is 0 Å². The third-order valence-corrected chi connectivity index (χ3v) is 2.67. The van der Waals surface area contributed by atoms with Crippen molar-refractivity contribution in [3.63, 3.8) is 0 Å². The Morgan fingerprint density at radius 3 is 2.40 bits per heavy atom. The maximum atomic E-state index is 11.5. The van der Waals surface area contributed by atoms with Crippen LogP contribution in [0.4, 0.5) is 0 Å². The Kier molecular flexibility index (Phi) is 8.59. The molecule has 1 atom stereocenters. The summed E-state index contributed by atoms with van der Waals surface area (Å²) < 4.78 is 5.02. The van der Waals surface area contributed by atoms with Gasteiger partial charge in [0.15, 0.2) is 0 Å². The summed E-state index contributed by atoms with van der Waals surface area (Å²) in [6.07, 6.45) is 0. The molecule has 112 valence electrons. The van der Waals surface area contributed by atoms with Gasteiger partial charge in [-0.05, 0) is 11.5 Å². The van der Waals surface area contributed by atoms with Gasteiger partial charge in [0.05, 0.1) is 6.04 Å². The summed E-state index contributed by atoms with van der Waals surface area (Å²) in [7, 11) is 0. The van der Waals surface area contributed by atoms with Crippen LogP contribution in [0.25, 0.3) is 0 Å². The number of nitrogens with one attached hydrogen (secondary N) is 1. The molecule has 0 unspecified atom stereocenters. The van der Waals surface area contributed by atoms with E-state index >= 15 is 0 Å². The fourth-order valence-electron chi connectivity index (χ4n) is 1.37. The SMILES string of the molecule is CC(C)[C@H](N)C(=O)NCC(=O)OCc1ccccc1.Cl. The molecule has 0 saturated heterocycles. The second-order valence-corrected chi connectivity index (χ2v) is 4.63. The predicted molar refractivity (Wildman–Crippen MR) is 79.3 cm³/mol. The van der Waals surface area contributed by atoms with E-state index in [9.17, 15) is 9.59 Å². The van der Waals surface area contributed by atoms with E-state index in [0.29, 0.717) is 0 Å². The first-order chi connectivity index (χ1) is 9.00. The summed E-state index contributed by atoms with van der Waals surface area (Å²) in [5, 5.41) is 2.46. The summed E-state index contributed by atoms with van der Waals surface area (Å²) in [6, 6.07) is 8.74. The van der Waals surface area contributed by atoms with Crippen molar-refractivity contribution in [2.45, 2.75) is 26.5 Å². The summed E-state index contributed by atoms with van der Waals surface area (Å²) in [6.45, 7) is 3.73. The summed E-state index contributed by atoms with van der Waals surface area (Å²) in [5.74, 6) is -0.792. The first-order valence-corrected chi connectivity index (χ1v) is 6.23. The normalized spacial score (nSPS) is 11.4. The fourth-order valence-corrected chi connectivity index (χ4v) is 1.37. The number of carbonyl (C=O) groups excluding carboxylic acids is 2. The molecule has 0 aromatic heterocycles. The third kappa shape index (κ3) is 6.54. The minimum absolute atomic E-state index is 0. The predicted octanol–water partition coefficient (Wildman–Crippen LogP) is 1.25. The molecule has 5 nitrogen and oxygen atoms in total. The molecular formula is C14H21ClN2O3. The molecule has 0 spiro atoms. The number of ether oxygens (including phenoxy) is 1. The molecule has 0 fully saturated rings. The molecule has 0 aliphatic rings. The Labute approximate surface area is 125 Å². The lowest BCUT2D eigenvalue weighted by atomic mass is 10.1. The molecular weight excluding hydrogens is 280 g/mol. The zero-order valence-corrected chi connectivity index (χ0v) is 12.5. The molecule has 6 heteroatoms. The number of hydrogen-bond acceptors (Lipinski definition) is 4. The third-order valence-electron chi connectivity index (χ3n) is 2.67. The number of amides is 1. The van der Waals surface area contributed by atoms with Gasteiger partial charge >= 0.3 is 5.97 Å². The largest absolute Gasteiger partial charge is 0.460 e. The van der Waals surface area contributed by atoms with E-state index in [-0.39, 0.29) is 37.4 Å². The van der Waals surface area contributed by atoms with Gasteiger partial charge in [-0.1, -0.05) is 44.2 Å². The number of nitrogens with two attached hydrogens (primary N) is 1. The number of carbonyl (C=O) groups is 2. The minimum atomic E-state index is -0.609. The Morgan fingerprint density at radius 1 is 1.25 bits per heavy atom. The van der Waals surface area contributed by atoms with Crippen molar-refractivity contribution in [2.75, 3.05) is 6.54 Å². The number of hydrogen-bond donors (Lipinski definition) is 2. The second-order valence-electron chi connectivity index (χ2n) is 4.63. The van der Waals surface area contributed by atoms with Crippen LogP contribution >= 0.6 is 12.4 Å². The smallest absolute Gasteiger partial charge is 0.325 e. The topological polar surface area (TPSA) is 81.4 Å². The zero-order valence-electron chi connectivity index (χ0n) is 11.7. The van der Waals surface area contributed by atoms with Gasteiger partial charge in [-0.2, -0.15) is 0 Å². The minimum Gasteiger partial charge on any atom is -0.460 e. The molecule has 20 heavy (non-hydrogen) atoms. The average Bonchev–Trinajstić information content (AvgIpc) is 2.42. The molecule has 0 heterocycles. The van der Waals surface area contributed by atoms with Gasteiger partial charge in [0, 0.05) is 0 Å². The number of benzene rings is 1. The number of rotatable bonds is 6. The zero-order chi connectivity index (χ0) is 14.3. The van der Waals surface area contributed by atoms with E-state index in [1.165, 1.54) is 0 Å². The lowest BCUT2D eigenvalue weighted by molar-refractivity contribution is -0.145. The number of halogens is 1. The van der Waals surface area contributed by atoms with Crippen molar-refractivity contribution in [2.24, 2.45) is 11.7 Å². The van der Waals surface area contributed by atoms with E-state index in [2.05, 4.69) is 5.32 Å². The molecule has 0 bridgehead atoms. The van der Waals surface area contributed by atoms with Crippen LogP contribution in [0.1, 0.15) is 19.4 Å². The average molecular weight is 301 g/mol. The number of esters is 1. The van der Waals surface area contributed by atoms with Crippen LogP contribution in [0, 0.1) is 5.92 Å². The van der Waals surface area contributed by atoms with E-state index in [4.69, 9.17) is 10.5 Å². The van der Waals surface area contributed by atoms with Crippen molar-refractivity contribution in [3.05, 3.63) is 35.9 Å². The quantitative estimate of drug-likeness (QED) is 0.775. The van der Waals surface area contributed by atoms with Crippen LogP contribution in [-0.4, -0.2) is 24.5 Å². The first kappa shape index (κ1) is 18.4. The van der Waals surface area contributed by atoms with E-state index in [1.807, 2.05) is 44.2 Å². The van der Waals surface area contributed by atoms with Crippen molar-refractivity contribution in [1.29, 1.82) is 0 Å². The van der Waals surface area contributed by atoms with Gasteiger partial charge < -0.3 is 15.8 Å². The fraction of sp³-hybridized carbons (Fsp3) is 0.429. The highest BCUT2D eigenvalue weighted by Gasteiger charge is 2.17. The van der Waals surface area contributed by atoms with Gasteiger partial charge in [-0.25, -0.2) is 0 Å². The van der Waals surface area contributed by atoms with Crippen LogP contribution in [0.5, 0.6) is 0 Å². The molecule has 1 rings (SSSR count). The van der Waals surface area contributed by atoms with Crippen LogP contribution in [0.3, 0.4) is 0 Å². The highest BCUT2D eigenvalue weighted by Crippen LogP contribution is 2.01. The van der Waals surface area contributed by atoms with Gasteiger partial charge in [-0.3, -0.25) is 9.59 Å². The van der Waals surface area contributed by atoms with Gasteiger partial charge in [0.1, 0.15) is 13.2 Å². The lowest BCUT2D eigenvalue weighted by Gasteiger charge is -2.14. The highest BCUT2D eigenvalue weighted by atomic mass is 35.5. The molecule has 1 aromatic rings. The first-order valence-electron chi connectivity index (χ1n) is 6.23. The molecule has 0 aliphatic heterocycles. The van der Waals surface area contributed by atoms with Gasteiger partial charge in [-0.15, -0.1) is 12.4 Å². The van der Waals surface area contributed by atoms with Crippen LogP contribution < -0.4 is 11.1 Å².